The number of aliphatic hydroxyl groups excluding tert-OH is 1. The predicted molar refractivity (Wildman–Crippen MR) is 54.0 cm³/mol. The molecule has 2 atom stereocenters. The Morgan fingerprint density at radius 2 is 2.29 bits per heavy atom. The Morgan fingerprint density at radius 3 is 2.86 bits per heavy atom. The van der Waals surface area contributed by atoms with E-state index in [0.29, 0.717) is 25.7 Å². The first-order chi connectivity index (χ1) is 6.60. The van der Waals surface area contributed by atoms with Gasteiger partial charge in [0, 0.05) is 0 Å². The molecule has 0 saturated carbocycles. The molecule has 0 aromatic carbocycles. The maximum absolute atomic E-state index is 11.2. The molecule has 1 aliphatic carbocycles. The second-order valence-corrected chi connectivity index (χ2v) is 4.01. The second kappa shape index (κ2) is 4.60. The van der Waals surface area contributed by atoms with E-state index in [0.717, 1.165) is 6.42 Å². The fraction of sp³-hybridized carbons (Fsp3) is 0.727. The Hall–Kier alpha value is -0.830. The van der Waals surface area contributed by atoms with Crippen LogP contribution >= 0.6 is 0 Å². The van der Waals surface area contributed by atoms with Crippen LogP contribution in [0.2, 0.25) is 0 Å². The van der Waals surface area contributed by atoms with E-state index in [4.69, 9.17) is 0 Å². The van der Waals surface area contributed by atoms with Gasteiger partial charge in [-0.15, -0.1) is 0 Å². The largest absolute Gasteiger partial charge is 0.481 e. The Balaban J connectivity index is 2.77. The molecule has 80 valence electrons. The summed E-state index contributed by atoms with van der Waals surface area (Å²) in [6, 6.07) is 0. The quantitative estimate of drug-likeness (QED) is 0.667. The number of carboxylic acids is 1. The minimum Gasteiger partial charge on any atom is -0.481 e. The number of aliphatic hydroxyl groups is 1. The molecule has 1 rings (SSSR count). The third kappa shape index (κ3) is 2.35. The van der Waals surface area contributed by atoms with Gasteiger partial charge < -0.3 is 10.2 Å². The van der Waals surface area contributed by atoms with Crippen molar-refractivity contribution in [2.45, 2.75) is 45.1 Å². The summed E-state index contributed by atoms with van der Waals surface area (Å²) in [5, 5.41) is 18.6. The van der Waals surface area contributed by atoms with E-state index in [1.54, 1.807) is 6.08 Å². The van der Waals surface area contributed by atoms with Crippen LogP contribution in [-0.4, -0.2) is 22.3 Å². The molecule has 0 radical (unpaired) electrons. The number of rotatable bonds is 2. The van der Waals surface area contributed by atoms with Gasteiger partial charge in [-0.05, 0) is 32.1 Å². The van der Waals surface area contributed by atoms with Crippen LogP contribution in [0, 0.1) is 5.41 Å². The number of carbonyl (C=O) groups is 1. The smallest absolute Gasteiger partial charge is 0.309 e. The maximum atomic E-state index is 11.2. The summed E-state index contributed by atoms with van der Waals surface area (Å²) >= 11 is 0. The van der Waals surface area contributed by atoms with Gasteiger partial charge in [0.2, 0.25) is 0 Å². The van der Waals surface area contributed by atoms with Crippen molar-refractivity contribution in [3.8, 4) is 0 Å². The summed E-state index contributed by atoms with van der Waals surface area (Å²) in [5.74, 6) is -0.720. The van der Waals surface area contributed by atoms with Crippen LogP contribution in [0.5, 0.6) is 0 Å². The Morgan fingerprint density at radius 1 is 1.57 bits per heavy atom. The summed E-state index contributed by atoms with van der Waals surface area (Å²) in [6.45, 7) is 1.91. The first kappa shape index (κ1) is 11.2. The van der Waals surface area contributed by atoms with E-state index in [1.807, 2.05) is 13.0 Å². The zero-order valence-corrected chi connectivity index (χ0v) is 8.57. The molecule has 0 amide bonds. The first-order valence-corrected chi connectivity index (χ1v) is 5.19. The minimum atomic E-state index is -0.720. The Bertz CT molecular complexity index is 235. The first-order valence-electron chi connectivity index (χ1n) is 5.19. The zero-order chi connectivity index (χ0) is 10.6. The van der Waals surface area contributed by atoms with Crippen LogP contribution in [0.4, 0.5) is 0 Å². The van der Waals surface area contributed by atoms with Gasteiger partial charge in [0.25, 0.3) is 0 Å². The third-order valence-corrected chi connectivity index (χ3v) is 3.20. The van der Waals surface area contributed by atoms with Gasteiger partial charge in [0.05, 0.1) is 11.5 Å². The molecular weight excluding hydrogens is 180 g/mol. The highest BCUT2D eigenvalue weighted by atomic mass is 16.4. The van der Waals surface area contributed by atoms with Gasteiger partial charge in [-0.3, -0.25) is 4.79 Å². The Labute approximate surface area is 84.4 Å². The molecule has 14 heavy (non-hydrogen) atoms. The molecule has 0 saturated heterocycles. The van der Waals surface area contributed by atoms with Crippen molar-refractivity contribution in [3.63, 3.8) is 0 Å². The van der Waals surface area contributed by atoms with Gasteiger partial charge in [0.1, 0.15) is 0 Å². The number of aliphatic carboxylic acids is 1. The van der Waals surface area contributed by atoms with E-state index in [9.17, 15) is 15.0 Å². The second-order valence-electron chi connectivity index (χ2n) is 4.01. The fourth-order valence-corrected chi connectivity index (χ4v) is 1.98. The number of hydrogen-bond acceptors (Lipinski definition) is 2. The van der Waals surface area contributed by atoms with Crippen LogP contribution in [0.15, 0.2) is 12.2 Å². The lowest BCUT2D eigenvalue weighted by atomic mass is 9.75. The van der Waals surface area contributed by atoms with E-state index in [2.05, 4.69) is 0 Å². The van der Waals surface area contributed by atoms with Gasteiger partial charge in [0.15, 0.2) is 0 Å². The summed E-state index contributed by atoms with van der Waals surface area (Å²) in [4.78, 5) is 11.2. The lowest BCUT2D eigenvalue weighted by molar-refractivity contribution is -0.150. The summed E-state index contributed by atoms with van der Waals surface area (Å²) < 4.78 is 0. The van der Waals surface area contributed by atoms with Gasteiger partial charge in [-0.2, -0.15) is 0 Å². The fourth-order valence-electron chi connectivity index (χ4n) is 1.98. The van der Waals surface area contributed by atoms with Crippen molar-refractivity contribution >= 4 is 5.97 Å². The van der Waals surface area contributed by atoms with Crippen LogP contribution in [0.3, 0.4) is 0 Å². The maximum Gasteiger partial charge on any atom is 0.309 e. The monoisotopic (exact) mass is 198 g/mol. The summed E-state index contributed by atoms with van der Waals surface area (Å²) in [5.41, 5.74) is -0.619. The summed E-state index contributed by atoms with van der Waals surface area (Å²) in [7, 11) is 0. The molecule has 0 aromatic rings. The average Bonchev–Trinajstić information content (AvgIpc) is 2.13. The van der Waals surface area contributed by atoms with E-state index in [1.165, 1.54) is 0 Å². The predicted octanol–water partition coefficient (Wildman–Crippen LogP) is 1.96. The molecule has 0 aliphatic heterocycles. The van der Waals surface area contributed by atoms with E-state index in [-0.39, 0.29) is 0 Å². The number of hydrogen-bond donors (Lipinski definition) is 2. The standard InChI is InChI=1S/C11H18O3/c1-2-11(10(13)14)7-4-3-5-9(12)6-8-11/h3,5,9,12H,2,4,6-8H2,1H3,(H,13,14)/b5-3+. The number of allylic oxidation sites excluding steroid dienone is 1. The number of carboxylic acid groups (broad SMARTS) is 1. The zero-order valence-electron chi connectivity index (χ0n) is 8.57. The molecule has 2 N–H and O–H groups in total. The molecular formula is C11H18O3. The van der Waals surface area contributed by atoms with Crippen molar-refractivity contribution in [2.24, 2.45) is 5.41 Å². The SMILES string of the molecule is CCC1(C(=O)O)CC/C=C/C(O)CC1. The van der Waals surface area contributed by atoms with Crippen molar-refractivity contribution < 1.29 is 15.0 Å². The Kier molecular flexibility index (Phi) is 3.69. The van der Waals surface area contributed by atoms with E-state index >= 15 is 0 Å². The molecule has 3 heteroatoms. The third-order valence-electron chi connectivity index (χ3n) is 3.20. The molecule has 2 unspecified atom stereocenters. The van der Waals surface area contributed by atoms with Crippen molar-refractivity contribution in [3.05, 3.63) is 12.2 Å². The molecule has 0 spiro atoms. The normalized spacial score (nSPS) is 35.7. The van der Waals surface area contributed by atoms with Crippen LogP contribution in [-0.2, 0) is 4.79 Å². The van der Waals surface area contributed by atoms with Crippen LogP contribution in [0.25, 0.3) is 0 Å². The topological polar surface area (TPSA) is 57.5 Å². The lowest BCUT2D eigenvalue weighted by Gasteiger charge is -2.29. The van der Waals surface area contributed by atoms with Crippen LogP contribution < -0.4 is 0 Å². The molecule has 3 nitrogen and oxygen atoms in total. The molecule has 0 heterocycles. The molecule has 0 aromatic heterocycles. The minimum absolute atomic E-state index is 0.472. The molecule has 0 bridgehead atoms. The molecule has 1 aliphatic rings. The highest BCUT2D eigenvalue weighted by Gasteiger charge is 2.36. The van der Waals surface area contributed by atoms with Crippen molar-refractivity contribution in [2.75, 3.05) is 0 Å². The lowest BCUT2D eigenvalue weighted by Crippen LogP contribution is -2.32. The van der Waals surface area contributed by atoms with Crippen LogP contribution in [0.1, 0.15) is 39.0 Å². The average molecular weight is 198 g/mol. The van der Waals surface area contributed by atoms with Gasteiger partial charge >= 0.3 is 5.97 Å². The van der Waals surface area contributed by atoms with Gasteiger partial charge in [-0.1, -0.05) is 19.1 Å². The highest BCUT2D eigenvalue weighted by molar-refractivity contribution is 5.74. The molecule has 0 fully saturated rings. The van der Waals surface area contributed by atoms with Crippen molar-refractivity contribution in [1.82, 2.24) is 0 Å². The van der Waals surface area contributed by atoms with Gasteiger partial charge in [-0.25, -0.2) is 0 Å². The van der Waals surface area contributed by atoms with E-state index < -0.39 is 17.5 Å². The van der Waals surface area contributed by atoms with Crippen molar-refractivity contribution in [1.29, 1.82) is 0 Å². The highest BCUT2D eigenvalue weighted by Crippen LogP contribution is 2.35. The summed E-state index contributed by atoms with van der Waals surface area (Å²) in [6.07, 6.45) is 6.38.